The zero-order valence-electron chi connectivity index (χ0n) is 9.82. The number of rotatable bonds is 1. The Morgan fingerprint density at radius 1 is 1.12 bits per heavy atom. The predicted octanol–water partition coefficient (Wildman–Crippen LogP) is 4.56. The van der Waals surface area contributed by atoms with Gasteiger partial charge in [-0.05, 0) is 31.0 Å². The first kappa shape index (κ1) is 12.5. The molecule has 0 atom stereocenters. The first-order valence-corrected chi connectivity index (χ1v) is 5.94. The smallest absolute Gasteiger partial charge is 0.0587 e. The summed E-state index contributed by atoms with van der Waals surface area (Å²) in [6.45, 7) is 5.77. The van der Waals surface area contributed by atoms with E-state index in [1.54, 1.807) is 6.07 Å². The largest absolute Gasteiger partial charge is 0.199 e. The van der Waals surface area contributed by atoms with Crippen molar-refractivity contribution in [1.82, 2.24) is 0 Å². The van der Waals surface area contributed by atoms with Crippen LogP contribution in [0.1, 0.15) is 16.7 Å². The van der Waals surface area contributed by atoms with Gasteiger partial charge >= 0.3 is 0 Å². The number of nitrogens with zero attached hydrogens (tertiary/aromatic N) is 1. The molecule has 2 aromatic rings. The molecule has 1 aromatic heterocycles. The summed E-state index contributed by atoms with van der Waals surface area (Å²) in [6, 6.07) is 14.6. The molecule has 0 unspecified atom stereocenters. The first-order valence-electron chi connectivity index (χ1n) is 5.12. The quantitative estimate of drug-likeness (QED) is 0.703. The van der Waals surface area contributed by atoms with Crippen LogP contribution in [0.2, 0.25) is 0 Å². The van der Waals surface area contributed by atoms with E-state index >= 15 is 0 Å². The van der Waals surface area contributed by atoms with Crippen LogP contribution in [0.4, 0.5) is 0 Å². The number of benzene rings is 1. The average molecular weight is 229 g/mol. The van der Waals surface area contributed by atoms with Crippen LogP contribution in [-0.4, -0.2) is 0 Å². The van der Waals surface area contributed by atoms with Gasteiger partial charge in [0.15, 0.2) is 0 Å². The molecule has 0 radical (unpaired) electrons. The number of nitriles is 1. The summed E-state index contributed by atoms with van der Waals surface area (Å²) >= 11 is 1.86. The van der Waals surface area contributed by atoms with E-state index in [1.807, 2.05) is 11.3 Å². The highest BCUT2D eigenvalue weighted by molar-refractivity contribution is 7.12. The molecule has 2 heteroatoms. The van der Waals surface area contributed by atoms with Crippen molar-refractivity contribution in [2.45, 2.75) is 20.8 Å². The van der Waals surface area contributed by atoms with Gasteiger partial charge in [0.05, 0.1) is 6.07 Å². The summed E-state index contributed by atoms with van der Waals surface area (Å²) < 4.78 is 0. The van der Waals surface area contributed by atoms with Gasteiger partial charge in [-0.25, -0.2) is 0 Å². The first-order chi connectivity index (χ1) is 7.69. The third kappa shape index (κ3) is 3.22. The minimum Gasteiger partial charge on any atom is -0.199 e. The van der Waals surface area contributed by atoms with Crippen molar-refractivity contribution in [1.29, 1.82) is 5.26 Å². The van der Waals surface area contributed by atoms with Crippen molar-refractivity contribution in [3.8, 4) is 17.2 Å². The molecule has 2 rings (SSSR count). The molecule has 16 heavy (non-hydrogen) atoms. The maximum Gasteiger partial charge on any atom is 0.0587 e. The van der Waals surface area contributed by atoms with E-state index in [1.165, 1.54) is 27.8 Å². The van der Waals surface area contributed by atoms with Gasteiger partial charge in [0.25, 0.3) is 0 Å². The summed E-state index contributed by atoms with van der Waals surface area (Å²) in [5.41, 5.74) is 2.70. The lowest BCUT2D eigenvalue weighted by molar-refractivity contribution is 1.49. The predicted molar refractivity (Wildman–Crippen MR) is 70.5 cm³/mol. The second-order valence-corrected chi connectivity index (χ2v) is 4.88. The number of hydrogen-bond donors (Lipinski definition) is 0. The second-order valence-electron chi connectivity index (χ2n) is 3.42. The van der Waals surface area contributed by atoms with Gasteiger partial charge in [-0.15, -0.1) is 11.3 Å². The molecule has 0 aliphatic carbocycles. The van der Waals surface area contributed by atoms with Crippen LogP contribution >= 0.6 is 11.3 Å². The van der Waals surface area contributed by atoms with Gasteiger partial charge in [-0.2, -0.15) is 5.26 Å². The molecule has 0 aliphatic rings. The third-order valence-electron chi connectivity index (χ3n) is 2.13. The maximum atomic E-state index is 7.32. The van der Waals surface area contributed by atoms with Crippen molar-refractivity contribution in [3.05, 3.63) is 46.2 Å². The molecular formula is C14H15NS. The second kappa shape index (κ2) is 6.09. The Balaban J connectivity index is 0.000000386. The van der Waals surface area contributed by atoms with Crippen LogP contribution in [0, 0.1) is 25.2 Å². The van der Waals surface area contributed by atoms with Crippen LogP contribution in [0.25, 0.3) is 11.1 Å². The molecule has 0 saturated heterocycles. The van der Waals surface area contributed by atoms with E-state index in [4.69, 9.17) is 5.26 Å². The molecule has 0 aliphatic heterocycles. The summed E-state index contributed by atoms with van der Waals surface area (Å²) in [6.07, 6.45) is 0. The van der Waals surface area contributed by atoms with Gasteiger partial charge in [-0.3, -0.25) is 0 Å². The Bertz CT molecular complexity index is 477. The standard InChI is InChI=1S/C12H12S.C2H3N/c1-9-8-12(10(2)13-9)11-6-4-3-5-7-11;1-2-3/h3-8H,1-2H3;1H3. The molecule has 82 valence electrons. The average Bonchev–Trinajstić information content (AvgIpc) is 2.60. The van der Waals surface area contributed by atoms with Crippen LogP contribution < -0.4 is 0 Å². The number of thiophene rings is 1. The molecule has 0 saturated carbocycles. The van der Waals surface area contributed by atoms with Crippen molar-refractivity contribution in [2.24, 2.45) is 0 Å². The molecule has 0 N–H and O–H groups in total. The lowest BCUT2D eigenvalue weighted by Gasteiger charge is -1.97. The van der Waals surface area contributed by atoms with Gasteiger partial charge in [0.1, 0.15) is 0 Å². The summed E-state index contributed by atoms with van der Waals surface area (Å²) in [5.74, 6) is 0. The fourth-order valence-corrected chi connectivity index (χ4v) is 2.48. The Labute approximate surface area is 101 Å². The molecule has 0 amide bonds. The summed E-state index contributed by atoms with van der Waals surface area (Å²) in [7, 11) is 0. The van der Waals surface area contributed by atoms with Crippen molar-refractivity contribution >= 4 is 11.3 Å². The zero-order chi connectivity index (χ0) is 12.0. The Hall–Kier alpha value is -1.59. The topological polar surface area (TPSA) is 23.8 Å². The minimum atomic E-state index is 1.32. The number of aryl methyl sites for hydroxylation is 2. The van der Waals surface area contributed by atoms with Gasteiger partial charge < -0.3 is 0 Å². The van der Waals surface area contributed by atoms with E-state index in [9.17, 15) is 0 Å². The van der Waals surface area contributed by atoms with E-state index in [0.29, 0.717) is 0 Å². The van der Waals surface area contributed by atoms with Crippen LogP contribution in [0.5, 0.6) is 0 Å². The lowest BCUT2D eigenvalue weighted by atomic mass is 10.1. The third-order valence-corrected chi connectivity index (χ3v) is 3.09. The molecular weight excluding hydrogens is 214 g/mol. The fourth-order valence-electron chi connectivity index (χ4n) is 1.54. The van der Waals surface area contributed by atoms with E-state index in [-0.39, 0.29) is 0 Å². The molecule has 1 nitrogen and oxygen atoms in total. The highest BCUT2D eigenvalue weighted by Crippen LogP contribution is 2.29. The van der Waals surface area contributed by atoms with Crippen LogP contribution in [0.3, 0.4) is 0 Å². The SMILES string of the molecule is CC#N.Cc1cc(-c2ccccc2)c(C)s1. The monoisotopic (exact) mass is 229 g/mol. The van der Waals surface area contributed by atoms with Gasteiger partial charge in [-0.1, -0.05) is 30.3 Å². The Kier molecular flexibility index (Phi) is 4.75. The fraction of sp³-hybridized carbons (Fsp3) is 0.214. The molecule has 1 heterocycles. The van der Waals surface area contributed by atoms with Crippen LogP contribution in [0.15, 0.2) is 36.4 Å². The highest BCUT2D eigenvalue weighted by atomic mass is 32.1. The lowest BCUT2D eigenvalue weighted by Crippen LogP contribution is -1.74. The maximum absolute atomic E-state index is 7.32. The van der Waals surface area contributed by atoms with Crippen molar-refractivity contribution in [3.63, 3.8) is 0 Å². The van der Waals surface area contributed by atoms with Crippen molar-refractivity contribution < 1.29 is 0 Å². The van der Waals surface area contributed by atoms with E-state index in [2.05, 4.69) is 50.2 Å². The van der Waals surface area contributed by atoms with Crippen molar-refractivity contribution in [2.75, 3.05) is 0 Å². The summed E-state index contributed by atoms with van der Waals surface area (Å²) in [4.78, 5) is 2.79. The van der Waals surface area contributed by atoms with Gasteiger partial charge in [0, 0.05) is 16.7 Å². The summed E-state index contributed by atoms with van der Waals surface area (Å²) in [5, 5.41) is 7.32. The zero-order valence-corrected chi connectivity index (χ0v) is 10.6. The highest BCUT2D eigenvalue weighted by Gasteiger charge is 2.03. The molecule has 1 aromatic carbocycles. The minimum absolute atomic E-state index is 1.32. The van der Waals surface area contributed by atoms with E-state index < -0.39 is 0 Å². The van der Waals surface area contributed by atoms with Gasteiger partial charge in [0.2, 0.25) is 0 Å². The normalized spacial score (nSPS) is 8.88. The molecule has 0 fully saturated rings. The van der Waals surface area contributed by atoms with E-state index in [0.717, 1.165) is 0 Å². The molecule has 0 bridgehead atoms. The number of hydrogen-bond acceptors (Lipinski definition) is 2. The Morgan fingerprint density at radius 2 is 1.69 bits per heavy atom. The molecule has 0 spiro atoms. The van der Waals surface area contributed by atoms with Crippen LogP contribution in [-0.2, 0) is 0 Å². The Morgan fingerprint density at radius 3 is 2.12 bits per heavy atom.